The van der Waals surface area contributed by atoms with Crippen molar-refractivity contribution >= 4 is 21.9 Å². The molecule has 0 spiro atoms. The number of aliphatic carboxylic acids is 1. The SMILES string of the molecule is CN(C)S(=O)(=O)c1cc(C(=O)N2CCCCC2CCC(=O)O)n(C)c1. The van der Waals surface area contributed by atoms with Crippen LogP contribution in [0.5, 0.6) is 0 Å². The molecule has 1 unspecified atom stereocenters. The molecular weight excluding hydrogens is 346 g/mol. The van der Waals surface area contributed by atoms with Gasteiger partial charge in [-0.25, -0.2) is 12.7 Å². The number of carboxylic acid groups (broad SMARTS) is 1. The summed E-state index contributed by atoms with van der Waals surface area (Å²) in [7, 11) is 0.905. The minimum Gasteiger partial charge on any atom is -0.481 e. The Bertz CT molecular complexity index is 754. The van der Waals surface area contributed by atoms with Gasteiger partial charge in [0.05, 0.1) is 0 Å². The number of piperidine rings is 1. The lowest BCUT2D eigenvalue weighted by Gasteiger charge is -2.35. The van der Waals surface area contributed by atoms with Gasteiger partial charge in [0, 0.05) is 46.3 Å². The molecule has 8 nitrogen and oxygen atoms in total. The van der Waals surface area contributed by atoms with Crippen LogP contribution in [0.3, 0.4) is 0 Å². The first-order valence-electron chi connectivity index (χ1n) is 8.26. The maximum Gasteiger partial charge on any atom is 0.303 e. The molecule has 1 aromatic rings. The summed E-state index contributed by atoms with van der Waals surface area (Å²) in [6.45, 7) is 0.560. The van der Waals surface area contributed by atoms with Gasteiger partial charge in [-0.1, -0.05) is 0 Å². The molecule has 1 aliphatic rings. The van der Waals surface area contributed by atoms with Crippen LogP contribution >= 0.6 is 0 Å². The zero-order valence-electron chi connectivity index (χ0n) is 14.8. The molecule has 0 bridgehead atoms. The van der Waals surface area contributed by atoms with Crippen molar-refractivity contribution in [2.24, 2.45) is 7.05 Å². The van der Waals surface area contributed by atoms with Crippen LogP contribution < -0.4 is 0 Å². The number of likely N-dealkylation sites (tertiary alicyclic amines) is 1. The van der Waals surface area contributed by atoms with Crippen molar-refractivity contribution in [2.45, 2.75) is 43.0 Å². The van der Waals surface area contributed by atoms with Gasteiger partial charge in [-0.3, -0.25) is 9.59 Å². The van der Waals surface area contributed by atoms with E-state index in [1.807, 2.05) is 0 Å². The number of aromatic nitrogens is 1. The molecule has 2 rings (SSSR count). The molecule has 1 fully saturated rings. The normalized spacial score (nSPS) is 18.6. The van der Waals surface area contributed by atoms with E-state index in [9.17, 15) is 18.0 Å². The lowest BCUT2D eigenvalue weighted by molar-refractivity contribution is -0.137. The first-order chi connectivity index (χ1) is 11.6. The summed E-state index contributed by atoms with van der Waals surface area (Å²) in [5, 5.41) is 8.90. The second kappa shape index (κ2) is 7.57. The van der Waals surface area contributed by atoms with Crippen molar-refractivity contribution in [1.82, 2.24) is 13.8 Å². The highest BCUT2D eigenvalue weighted by atomic mass is 32.2. The third-order valence-electron chi connectivity index (χ3n) is 4.56. The molecule has 140 valence electrons. The Morgan fingerprint density at radius 2 is 2.00 bits per heavy atom. The topological polar surface area (TPSA) is 99.9 Å². The summed E-state index contributed by atoms with van der Waals surface area (Å²) in [5.41, 5.74) is 0.294. The number of sulfonamides is 1. The number of aryl methyl sites for hydroxylation is 1. The van der Waals surface area contributed by atoms with Crippen molar-refractivity contribution < 1.29 is 23.1 Å². The van der Waals surface area contributed by atoms with E-state index in [-0.39, 0.29) is 23.3 Å². The zero-order valence-corrected chi connectivity index (χ0v) is 15.6. The highest BCUT2D eigenvalue weighted by Crippen LogP contribution is 2.25. The first-order valence-corrected chi connectivity index (χ1v) is 9.70. The number of carboxylic acids is 1. The molecule has 1 N–H and O–H groups in total. The molecule has 1 amide bonds. The summed E-state index contributed by atoms with van der Waals surface area (Å²) < 4.78 is 27.1. The summed E-state index contributed by atoms with van der Waals surface area (Å²) >= 11 is 0. The number of amides is 1. The van der Waals surface area contributed by atoms with E-state index in [1.54, 1.807) is 11.9 Å². The Balaban J connectivity index is 2.26. The lowest BCUT2D eigenvalue weighted by atomic mass is 9.97. The second-order valence-corrected chi connectivity index (χ2v) is 8.69. The molecule has 2 heterocycles. The molecule has 1 saturated heterocycles. The van der Waals surface area contributed by atoms with Gasteiger partial charge >= 0.3 is 5.97 Å². The maximum atomic E-state index is 12.9. The van der Waals surface area contributed by atoms with Gasteiger partial charge in [0.2, 0.25) is 10.0 Å². The van der Waals surface area contributed by atoms with E-state index in [4.69, 9.17) is 5.11 Å². The maximum absolute atomic E-state index is 12.9. The van der Waals surface area contributed by atoms with E-state index in [0.717, 1.165) is 23.6 Å². The predicted molar refractivity (Wildman–Crippen MR) is 91.8 cm³/mol. The van der Waals surface area contributed by atoms with Gasteiger partial charge in [0.1, 0.15) is 10.6 Å². The van der Waals surface area contributed by atoms with Crippen LogP contribution in [0.2, 0.25) is 0 Å². The Morgan fingerprint density at radius 3 is 2.60 bits per heavy atom. The second-order valence-electron chi connectivity index (χ2n) is 6.54. The number of rotatable bonds is 6. The Morgan fingerprint density at radius 1 is 1.32 bits per heavy atom. The number of carbonyl (C=O) groups is 2. The summed E-state index contributed by atoms with van der Waals surface area (Å²) in [6.07, 6.45) is 4.45. The highest BCUT2D eigenvalue weighted by molar-refractivity contribution is 7.89. The largest absolute Gasteiger partial charge is 0.481 e. The molecule has 25 heavy (non-hydrogen) atoms. The number of hydrogen-bond acceptors (Lipinski definition) is 4. The van der Waals surface area contributed by atoms with Gasteiger partial charge in [-0.05, 0) is 31.7 Å². The molecule has 1 atom stereocenters. The summed E-state index contributed by atoms with van der Waals surface area (Å²) in [4.78, 5) is 25.5. The van der Waals surface area contributed by atoms with Crippen molar-refractivity contribution in [2.75, 3.05) is 20.6 Å². The minimum absolute atomic E-state index is 0.0157. The predicted octanol–water partition coefficient (Wildman–Crippen LogP) is 1.13. The van der Waals surface area contributed by atoms with Gasteiger partial charge in [-0.2, -0.15) is 0 Å². The van der Waals surface area contributed by atoms with Crippen molar-refractivity contribution in [3.63, 3.8) is 0 Å². The van der Waals surface area contributed by atoms with Gasteiger partial charge < -0.3 is 14.6 Å². The Labute approximate surface area is 148 Å². The first kappa shape index (κ1) is 19.5. The number of hydrogen-bond donors (Lipinski definition) is 1. The third-order valence-corrected chi connectivity index (χ3v) is 6.34. The van der Waals surface area contributed by atoms with Crippen molar-refractivity contribution in [3.05, 3.63) is 18.0 Å². The minimum atomic E-state index is -3.61. The Hall–Kier alpha value is -1.87. The van der Waals surface area contributed by atoms with Crippen LogP contribution in [0.25, 0.3) is 0 Å². The highest BCUT2D eigenvalue weighted by Gasteiger charge is 2.30. The third kappa shape index (κ3) is 4.21. The Kier molecular flexibility index (Phi) is 5.89. The molecule has 1 aliphatic heterocycles. The van der Waals surface area contributed by atoms with Crippen molar-refractivity contribution in [3.8, 4) is 0 Å². The van der Waals surface area contributed by atoms with E-state index < -0.39 is 16.0 Å². The molecular formula is C16H25N3O5S. The van der Waals surface area contributed by atoms with Gasteiger partial charge in [0.25, 0.3) is 5.91 Å². The molecule has 0 aliphatic carbocycles. The quantitative estimate of drug-likeness (QED) is 0.808. The number of carbonyl (C=O) groups excluding carboxylic acids is 1. The monoisotopic (exact) mass is 371 g/mol. The molecule has 9 heteroatoms. The van der Waals surface area contributed by atoms with Crippen LogP contribution in [0.1, 0.15) is 42.6 Å². The van der Waals surface area contributed by atoms with Crippen molar-refractivity contribution in [1.29, 1.82) is 0 Å². The van der Waals surface area contributed by atoms with E-state index >= 15 is 0 Å². The lowest BCUT2D eigenvalue weighted by Crippen LogP contribution is -2.44. The molecule has 1 aromatic heterocycles. The van der Waals surface area contributed by atoms with Crippen LogP contribution in [0.4, 0.5) is 0 Å². The van der Waals surface area contributed by atoms with E-state index in [2.05, 4.69) is 0 Å². The van der Waals surface area contributed by atoms with Crippen LogP contribution in [0, 0.1) is 0 Å². The molecule has 0 aromatic carbocycles. The van der Waals surface area contributed by atoms with E-state index in [0.29, 0.717) is 18.7 Å². The average molecular weight is 371 g/mol. The fourth-order valence-electron chi connectivity index (χ4n) is 3.10. The summed E-state index contributed by atoms with van der Waals surface area (Å²) in [6, 6.07) is 1.27. The standard InChI is InChI=1S/C16H25N3O5S/c1-17(2)25(23,24)13-10-14(18(3)11-13)16(22)19-9-5-4-6-12(19)7-8-15(20)21/h10-12H,4-9H2,1-3H3,(H,20,21). The number of nitrogens with zero attached hydrogens (tertiary/aromatic N) is 3. The van der Waals surface area contributed by atoms with Crippen LogP contribution in [0.15, 0.2) is 17.2 Å². The smallest absolute Gasteiger partial charge is 0.303 e. The van der Waals surface area contributed by atoms with E-state index in [1.165, 1.54) is 30.9 Å². The van der Waals surface area contributed by atoms with Gasteiger partial charge in [-0.15, -0.1) is 0 Å². The summed E-state index contributed by atoms with van der Waals surface area (Å²) in [5.74, 6) is -1.13. The zero-order chi connectivity index (χ0) is 18.8. The van der Waals surface area contributed by atoms with Crippen LogP contribution in [-0.4, -0.2) is 65.9 Å². The molecule has 0 saturated carbocycles. The van der Waals surface area contributed by atoms with Crippen LogP contribution in [-0.2, 0) is 21.9 Å². The fraction of sp³-hybridized carbons (Fsp3) is 0.625. The molecule has 0 radical (unpaired) electrons. The average Bonchev–Trinajstić information content (AvgIpc) is 2.95. The van der Waals surface area contributed by atoms with Gasteiger partial charge in [0.15, 0.2) is 0 Å². The fourth-order valence-corrected chi connectivity index (χ4v) is 4.08.